The van der Waals surface area contributed by atoms with Crippen molar-refractivity contribution in [2.75, 3.05) is 37.9 Å². The van der Waals surface area contributed by atoms with Gasteiger partial charge in [-0.1, -0.05) is 22.0 Å². The summed E-state index contributed by atoms with van der Waals surface area (Å²) < 4.78 is 6.64. The molecule has 1 aliphatic rings. The zero-order valence-corrected chi connectivity index (χ0v) is 21.3. The summed E-state index contributed by atoms with van der Waals surface area (Å²) in [4.78, 5) is 34.7. The molecule has 0 saturated carbocycles. The Bertz CT molecular complexity index is 1280. The minimum atomic E-state index is -0.477. The lowest BCUT2D eigenvalue weighted by atomic mass is 10.1. The molecule has 9 nitrogen and oxygen atoms in total. The molecule has 0 radical (unpaired) electrons. The minimum absolute atomic E-state index is 0.0122. The largest absolute Gasteiger partial charge is 0.492 e. The van der Waals surface area contributed by atoms with Gasteiger partial charge in [0.2, 0.25) is 0 Å². The number of allylic oxidation sites excluding steroid dienone is 1. The Labute approximate surface area is 212 Å². The van der Waals surface area contributed by atoms with Gasteiger partial charge in [0.1, 0.15) is 23.9 Å². The number of benzene rings is 2. The Morgan fingerprint density at radius 3 is 2.77 bits per heavy atom. The van der Waals surface area contributed by atoms with Crippen LogP contribution in [-0.4, -0.2) is 53.9 Å². The molecule has 1 aliphatic heterocycles. The molecule has 2 aromatic carbocycles. The van der Waals surface area contributed by atoms with E-state index in [0.29, 0.717) is 24.5 Å². The van der Waals surface area contributed by atoms with E-state index in [-0.39, 0.29) is 11.4 Å². The first kappa shape index (κ1) is 24.5. The fourth-order valence-electron chi connectivity index (χ4n) is 3.52. The third-order valence-corrected chi connectivity index (χ3v) is 5.95. The predicted molar refractivity (Wildman–Crippen MR) is 139 cm³/mol. The van der Waals surface area contributed by atoms with Gasteiger partial charge in [-0.3, -0.25) is 9.59 Å². The van der Waals surface area contributed by atoms with Crippen molar-refractivity contribution in [3.8, 4) is 5.75 Å². The van der Waals surface area contributed by atoms with Crippen LogP contribution in [0.15, 0.2) is 59.1 Å². The molecule has 0 atom stereocenters. The molecule has 2 heterocycles. The number of halogens is 1. The van der Waals surface area contributed by atoms with Crippen LogP contribution in [0.2, 0.25) is 0 Å². The number of carbonyl (C=O) groups is 2. The summed E-state index contributed by atoms with van der Waals surface area (Å²) in [5.41, 5.74) is 3.57. The van der Waals surface area contributed by atoms with Crippen molar-refractivity contribution in [1.29, 1.82) is 0 Å². The number of nitrogens with zero attached hydrogens (tertiary/aromatic N) is 2. The summed E-state index contributed by atoms with van der Waals surface area (Å²) in [5, 5.41) is 8.85. The smallest absolute Gasteiger partial charge is 0.276 e. The van der Waals surface area contributed by atoms with Gasteiger partial charge in [0.25, 0.3) is 11.8 Å². The number of aromatic nitrogens is 2. The van der Waals surface area contributed by atoms with Gasteiger partial charge in [0.15, 0.2) is 5.69 Å². The quantitative estimate of drug-likeness (QED) is 0.346. The highest BCUT2D eigenvalue weighted by molar-refractivity contribution is 9.10. The second kappa shape index (κ2) is 10.7. The molecule has 0 aliphatic carbocycles. The predicted octanol–water partition coefficient (Wildman–Crippen LogP) is 3.91. The molecule has 4 N–H and O–H groups in total. The van der Waals surface area contributed by atoms with Crippen molar-refractivity contribution in [3.63, 3.8) is 0 Å². The Balaban J connectivity index is 1.40. The lowest BCUT2D eigenvalue weighted by Gasteiger charge is -2.21. The second-order valence-electron chi connectivity index (χ2n) is 8.41. The molecule has 10 heteroatoms. The van der Waals surface area contributed by atoms with Crippen LogP contribution in [0.4, 0.5) is 11.4 Å². The number of amides is 2. The number of likely N-dealkylation sites (N-methyl/N-ethyl adjacent to an activating group) is 1. The summed E-state index contributed by atoms with van der Waals surface area (Å²) in [6.07, 6.45) is 3.83. The summed E-state index contributed by atoms with van der Waals surface area (Å²) in [7, 11) is 4.01. The number of H-pyrrole nitrogens is 1. The lowest BCUT2D eigenvalue weighted by molar-refractivity contribution is 0.0946. The minimum Gasteiger partial charge on any atom is -0.492 e. The van der Waals surface area contributed by atoms with E-state index < -0.39 is 11.8 Å². The summed E-state index contributed by atoms with van der Waals surface area (Å²) in [6, 6.07) is 11.4. The van der Waals surface area contributed by atoms with E-state index in [0.717, 1.165) is 33.6 Å². The third-order valence-electron chi connectivity index (χ3n) is 5.46. The summed E-state index contributed by atoms with van der Waals surface area (Å²) in [6.45, 7) is 3.33. The van der Waals surface area contributed by atoms with Gasteiger partial charge >= 0.3 is 0 Å². The maximum absolute atomic E-state index is 12.9. The van der Waals surface area contributed by atoms with Gasteiger partial charge in [0.05, 0.1) is 6.33 Å². The van der Waals surface area contributed by atoms with Gasteiger partial charge in [-0.15, -0.1) is 0 Å². The number of fused-ring (bicyclic) bond motifs is 1. The van der Waals surface area contributed by atoms with E-state index in [1.165, 1.54) is 6.33 Å². The Morgan fingerprint density at radius 2 is 1.97 bits per heavy atom. The van der Waals surface area contributed by atoms with E-state index in [2.05, 4.69) is 46.7 Å². The molecule has 0 fully saturated rings. The molecule has 0 spiro atoms. The lowest BCUT2D eigenvalue weighted by Crippen LogP contribution is -2.31. The highest BCUT2D eigenvalue weighted by Gasteiger charge is 2.22. The van der Waals surface area contributed by atoms with Crippen molar-refractivity contribution in [3.05, 3.63) is 81.6 Å². The molecule has 4 rings (SSSR count). The van der Waals surface area contributed by atoms with Gasteiger partial charge in [-0.05, 0) is 75.0 Å². The van der Waals surface area contributed by atoms with Crippen LogP contribution in [-0.2, 0) is 6.42 Å². The van der Waals surface area contributed by atoms with E-state index in [9.17, 15) is 9.59 Å². The van der Waals surface area contributed by atoms with E-state index in [4.69, 9.17) is 4.74 Å². The van der Waals surface area contributed by atoms with Crippen LogP contribution >= 0.6 is 15.9 Å². The fourth-order valence-corrected chi connectivity index (χ4v) is 3.88. The van der Waals surface area contributed by atoms with Crippen molar-refractivity contribution < 1.29 is 14.3 Å². The van der Waals surface area contributed by atoms with Gasteiger partial charge in [0, 0.05) is 22.4 Å². The molecule has 182 valence electrons. The number of aromatic amines is 1. The van der Waals surface area contributed by atoms with Crippen molar-refractivity contribution in [2.45, 2.75) is 13.3 Å². The molecular weight excluding hydrogens is 512 g/mol. The van der Waals surface area contributed by atoms with E-state index in [1.807, 2.05) is 57.4 Å². The van der Waals surface area contributed by atoms with Gasteiger partial charge < -0.3 is 30.6 Å². The monoisotopic (exact) mass is 538 g/mol. The SMILES string of the molecule is Cc1ccc(Br)cc1NC(=O)c1nc[nH]c1C(=O)NC1=CCc2cc(OCCN(C)C)ccc2N1. The van der Waals surface area contributed by atoms with E-state index in [1.54, 1.807) is 6.07 Å². The van der Waals surface area contributed by atoms with Crippen LogP contribution in [0.1, 0.15) is 32.1 Å². The summed E-state index contributed by atoms with van der Waals surface area (Å²) >= 11 is 3.40. The Hall–Kier alpha value is -3.63. The number of aryl methyl sites for hydroxylation is 1. The zero-order valence-electron chi connectivity index (χ0n) is 19.7. The number of hydrogen-bond donors (Lipinski definition) is 4. The highest BCUT2D eigenvalue weighted by Crippen LogP contribution is 2.27. The first-order valence-electron chi connectivity index (χ1n) is 11.1. The average molecular weight is 539 g/mol. The first-order chi connectivity index (χ1) is 16.8. The fraction of sp³-hybridized carbons (Fsp3) is 0.240. The maximum atomic E-state index is 12.9. The second-order valence-corrected chi connectivity index (χ2v) is 9.33. The average Bonchev–Trinajstić information content (AvgIpc) is 3.32. The standard InChI is InChI=1S/C25H27BrN6O3/c1-15-4-6-17(26)13-20(15)30-24(33)22-23(28-14-27-22)25(34)31-21-9-5-16-12-18(7-8-19(16)29-21)35-11-10-32(2)3/h4,6-9,12-14,29H,5,10-11H2,1-3H3,(H,27,28)(H,30,33)(H,31,34). The van der Waals surface area contributed by atoms with Crippen LogP contribution in [0.3, 0.4) is 0 Å². The molecule has 0 unspecified atom stereocenters. The van der Waals surface area contributed by atoms with Crippen LogP contribution < -0.4 is 20.7 Å². The highest BCUT2D eigenvalue weighted by atomic mass is 79.9. The number of carbonyl (C=O) groups excluding carboxylic acids is 2. The van der Waals surface area contributed by atoms with Crippen LogP contribution in [0, 0.1) is 6.92 Å². The van der Waals surface area contributed by atoms with Crippen molar-refractivity contribution in [2.24, 2.45) is 0 Å². The molecule has 1 aromatic heterocycles. The molecule has 0 bridgehead atoms. The number of hydrogen-bond acceptors (Lipinski definition) is 6. The maximum Gasteiger partial charge on any atom is 0.276 e. The molecule has 3 aromatic rings. The Kier molecular flexibility index (Phi) is 7.52. The Morgan fingerprint density at radius 1 is 1.14 bits per heavy atom. The van der Waals surface area contributed by atoms with Crippen LogP contribution in [0.5, 0.6) is 5.75 Å². The van der Waals surface area contributed by atoms with Crippen LogP contribution in [0.25, 0.3) is 0 Å². The first-order valence-corrected chi connectivity index (χ1v) is 11.9. The summed E-state index contributed by atoms with van der Waals surface area (Å²) in [5.74, 6) is 0.398. The molecular formula is C25H27BrN6O3. The zero-order chi connectivity index (χ0) is 24.9. The number of ether oxygens (including phenoxy) is 1. The van der Waals surface area contributed by atoms with Crippen molar-refractivity contribution >= 4 is 39.1 Å². The molecule has 35 heavy (non-hydrogen) atoms. The third kappa shape index (κ3) is 6.09. The van der Waals surface area contributed by atoms with E-state index >= 15 is 0 Å². The molecule has 0 saturated heterocycles. The van der Waals surface area contributed by atoms with Gasteiger partial charge in [-0.25, -0.2) is 4.98 Å². The number of nitrogens with one attached hydrogen (secondary N) is 4. The number of imidazole rings is 1. The normalized spacial score (nSPS) is 12.4. The number of anilines is 2. The van der Waals surface area contributed by atoms with Crippen molar-refractivity contribution in [1.82, 2.24) is 20.2 Å². The number of rotatable bonds is 8. The van der Waals surface area contributed by atoms with Gasteiger partial charge in [-0.2, -0.15) is 0 Å². The molecule has 2 amide bonds. The topological polar surface area (TPSA) is 111 Å².